The van der Waals surface area contributed by atoms with Gasteiger partial charge in [0.15, 0.2) is 11.5 Å². The summed E-state index contributed by atoms with van der Waals surface area (Å²) in [6, 6.07) is 15.5. The van der Waals surface area contributed by atoms with Crippen LogP contribution in [-0.2, 0) is 0 Å². The lowest BCUT2D eigenvalue weighted by atomic mass is 10.2. The number of anilines is 2. The molecule has 4 aromatic rings. The van der Waals surface area contributed by atoms with Crippen LogP contribution in [0.2, 0.25) is 0 Å². The zero-order valence-electron chi connectivity index (χ0n) is 13.5. The summed E-state index contributed by atoms with van der Waals surface area (Å²) in [5, 5.41) is 3.46. The van der Waals surface area contributed by atoms with Crippen LogP contribution in [0.25, 0.3) is 17.0 Å². The molecule has 0 spiro atoms. The second-order valence-electron chi connectivity index (χ2n) is 5.79. The average Bonchev–Trinajstić information content (AvgIpc) is 3.27. The molecule has 4 heterocycles. The average molecular weight is 409 g/mol. The van der Waals surface area contributed by atoms with E-state index in [4.69, 9.17) is 14.5 Å². The van der Waals surface area contributed by atoms with Gasteiger partial charge >= 0.3 is 0 Å². The van der Waals surface area contributed by atoms with E-state index in [9.17, 15) is 0 Å². The zero-order valence-corrected chi connectivity index (χ0v) is 15.1. The second kappa shape index (κ2) is 6.03. The van der Waals surface area contributed by atoms with Crippen molar-refractivity contribution in [2.45, 2.75) is 0 Å². The van der Waals surface area contributed by atoms with Crippen LogP contribution in [0.5, 0.6) is 11.5 Å². The first kappa shape index (κ1) is 15.2. The van der Waals surface area contributed by atoms with Crippen molar-refractivity contribution < 1.29 is 9.47 Å². The highest BCUT2D eigenvalue weighted by atomic mass is 79.9. The van der Waals surface area contributed by atoms with E-state index in [1.54, 1.807) is 6.20 Å². The van der Waals surface area contributed by atoms with Crippen LogP contribution in [0.4, 0.5) is 11.5 Å². The number of hydrogen-bond donors (Lipinski definition) is 1. The first-order chi connectivity index (χ1) is 12.8. The van der Waals surface area contributed by atoms with Gasteiger partial charge in [-0.15, -0.1) is 0 Å². The normalized spacial score (nSPS) is 12.5. The van der Waals surface area contributed by atoms with Crippen molar-refractivity contribution in [2.24, 2.45) is 0 Å². The number of aromatic nitrogens is 3. The highest BCUT2D eigenvalue weighted by Crippen LogP contribution is 2.37. The molecule has 0 radical (unpaired) electrons. The monoisotopic (exact) mass is 408 g/mol. The number of rotatable bonds is 3. The summed E-state index contributed by atoms with van der Waals surface area (Å²) < 4.78 is 13.8. The molecular formula is C19H13BrN4O2. The van der Waals surface area contributed by atoms with Crippen LogP contribution < -0.4 is 14.8 Å². The Morgan fingerprint density at radius 2 is 1.96 bits per heavy atom. The molecule has 0 saturated carbocycles. The van der Waals surface area contributed by atoms with Crippen molar-refractivity contribution in [2.75, 3.05) is 12.1 Å². The molecule has 6 nitrogen and oxygen atoms in total. The third kappa shape index (κ3) is 2.57. The fourth-order valence-electron chi connectivity index (χ4n) is 2.93. The van der Waals surface area contributed by atoms with Crippen LogP contribution in [0.3, 0.4) is 0 Å². The first-order valence-corrected chi connectivity index (χ1v) is 8.83. The van der Waals surface area contributed by atoms with E-state index in [1.807, 2.05) is 59.1 Å². The molecule has 1 aromatic carbocycles. The molecule has 0 bridgehead atoms. The molecule has 1 N–H and O–H groups in total. The lowest BCUT2D eigenvalue weighted by Crippen LogP contribution is -1.97. The van der Waals surface area contributed by atoms with Gasteiger partial charge in [0.25, 0.3) is 0 Å². The fraction of sp³-hybridized carbons (Fsp3) is 0.0526. The van der Waals surface area contributed by atoms with Crippen molar-refractivity contribution in [3.8, 4) is 22.9 Å². The van der Waals surface area contributed by atoms with Crippen LogP contribution in [0.15, 0.2) is 65.4 Å². The molecule has 7 heteroatoms. The van der Waals surface area contributed by atoms with Gasteiger partial charge in [0.1, 0.15) is 17.2 Å². The number of hydrogen-bond acceptors (Lipinski definition) is 5. The minimum absolute atomic E-state index is 0.251. The fourth-order valence-corrected chi connectivity index (χ4v) is 3.27. The van der Waals surface area contributed by atoms with Gasteiger partial charge in [-0.2, -0.15) is 0 Å². The van der Waals surface area contributed by atoms with Gasteiger partial charge in [-0.3, -0.25) is 9.38 Å². The van der Waals surface area contributed by atoms with E-state index in [1.165, 1.54) is 0 Å². The van der Waals surface area contributed by atoms with Gasteiger partial charge in [0.2, 0.25) is 6.79 Å². The predicted molar refractivity (Wildman–Crippen MR) is 102 cm³/mol. The topological polar surface area (TPSA) is 60.7 Å². The second-order valence-corrected chi connectivity index (χ2v) is 6.71. The van der Waals surface area contributed by atoms with E-state index in [-0.39, 0.29) is 6.79 Å². The summed E-state index contributed by atoms with van der Waals surface area (Å²) in [7, 11) is 0. The maximum atomic E-state index is 5.48. The molecule has 0 atom stereocenters. The number of nitrogens with zero attached hydrogens (tertiary/aromatic N) is 3. The highest BCUT2D eigenvalue weighted by molar-refractivity contribution is 9.10. The van der Waals surface area contributed by atoms with Crippen molar-refractivity contribution in [1.82, 2.24) is 14.4 Å². The number of ether oxygens (including phenoxy) is 2. The Hall–Kier alpha value is -3.06. The van der Waals surface area contributed by atoms with E-state index < -0.39 is 0 Å². The zero-order chi connectivity index (χ0) is 17.5. The Labute approximate surface area is 157 Å². The summed E-state index contributed by atoms with van der Waals surface area (Å²) in [6.45, 7) is 0.251. The van der Waals surface area contributed by atoms with Gasteiger partial charge < -0.3 is 14.8 Å². The van der Waals surface area contributed by atoms with Gasteiger partial charge in [-0.05, 0) is 52.3 Å². The summed E-state index contributed by atoms with van der Waals surface area (Å²) in [6.07, 6.45) is 3.74. The van der Waals surface area contributed by atoms with E-state index in [0.29, 0.717) is 0 Å². The van der Waals surface area contributed by atoms with Crippen LogP contribution in [0.1, 0.15) is 0 Å². The van der Waals surface area contributed by atoms with Crippen molar-refractivity contribution in [1.29, 1.82) is 0 Å². The number of nitrogens with one attached hydrogen (secondary N) is 1. The number of pyridine rings is 2. The Kier molecular flexibility index (Phi) is 3.53. The summed E-state index contributed by atoms with van der Waals surface area (Å²) >= 11 is 3.53. The Balaban J connectivity index is 1.66. The van der Waals surface area contributed by atoms with Crippen LogP contribution in [0, 0.1) is 0 Å². The third-order valence-electron chi connectivity index (χ3n) is 4.13. The number of imidazole rings is 1. The maximum Gasteiger partial charge on any atom is 0.231 e. The number of fused-ring (bicyclic) bond motifs is 2. The molecule has 0 fully saturated rings. The maximum absolute atomic E-state index is 5.48. The molecule has 5 rings (SSSR count). The van der Waals surface area contributed by atoms with Crippen LogP contribution >= 0.6 is 15.9 Å². The standard InChI is InChI=1S/C19H13BrN4O2/c20-12-4-7-17-23-18(14-3-1-2-8-21-14)19(24(17)10-12)22-13-5-6-15-16(9-13)26-11-25-15/h1-10,22H,11H2. The van der Waals surface area contributed by atoms with Crippen molar-refractivity contribution in [3.63, 3.8) is 0 Å². The molecule has 26 heavy (non-hydrogen) atoms. The highest BCUT2D eigenvalue weighted by Gasteiger charge is 2.18. The van der Waals surface area contributed by atoms with Gasteiger partial charge in [-0.1, -0.05) is 6.07 Å². The lowest BCUT2D eigenvalue weighted by Gasteiger charge is -2.09. The quantitative estimate of drug-likeness (QED) is 0.535. The summed E-state index contributed by atoms with van der Waals surface area (Å²) in [5.41, 5.74) is 3.29. The predicted octanol–water partition coefficient (Wildman–Crippen LogP) is 4.63. The first-order valence-electron chi connectivity index (χ1n) is 8.04. The summed E-state index contributed by atoms with van der Waals surface area (Å²) in [5.74, 6) is 2.31. The van der Waals surface area contributed by atoms with E-state index >= 15 is 0 Å². The van der Waals surface area contributed by atoms with Gasteiger partial charge in [-0.25, -0.2) is 4.98 Å². The Bertz CT molecular complexity index is 1110. The number of halogens is 1. The molecule has 1 aliphatic heterocycles. The molecule has 128 valence electrons. The minimum atomic E-state index is 0.251. The third-order valence-corrected chi connectivity index (χ3v) is 4.59. The summed E-state index contributed by atoms with van der Waals surface area (Å²) in [4.78, 5) is 9.21. The van der Waals surface area contributed by atoms with Gasteiger partial charge in [0.05, 0.1) is 5.69 Å². The van der Waals surface area contributed by atoms with Crippen LogP contribution in [-0.4, -0.2) is 21.2 Å². The minimum Gasteiger partial charge on any atom is -0.454 e. The Morgan fingerprint density at radius 3 is 2.85 bits per heavy atom. The lowest BCUT2D eigenvalue weighted by molar-refractivity contribution is 0.174. The molecule has 0 amide bonds. The van der Waals surface area contributed by atoms with Crippen molar-refractivity contribution in [3.05, 3.63) is 65.4 Å². The van der Waals surface area contributed by atoms with Crippen molar-refractivity contribution >= 4 is 33.1 Å². The molecule has 0 unspecified atom stereocenters. The number of benzene rings is 1. The molecule has 0 saturated heterocycles. The van der Waals surface area contributed by atoms with E-state index in [2.05, 4.69) is 26.2 Å². The largest absolute Gasteiger partial charge is 0.454 e. The van der Waals surface area contributed by atoms with Gasteiger partial charge in [0, 0.05) is 28.6 Å². The molecule has 1 aliphatic rings. The SMILES string of the molecule is Brc1ccc2nc(-c3ccccn3)c(Nc3ccc4c(c3)OCO4)n2c1. The molecule has 3 aromatic heterocycles. The smallest absolute Gasteiger partial charge is 0.231 e. The van der Waals surface area contributed by atoms with E-state index in [0.717, 1.165) is 44.5 Å². The molecule has 0 aliphatic carbocycles. The molecular weight excluding hydrogens is 396 g/mol. The Morgan fingerprint density at radius 1 is 1.04 bits per heavy atom.